The maximum Gasteiger partial charge on any atom is 0.264 e. The predicted octanol–water partition coefficient (Wildman–Crippen LogP) is 1.75. The first-order valence-corrected chi connectivity index (χ1v) is 8.69. The van der Waals surface area contributed by atoms with Crippen LogP contribution in [0.5, 0.6) is 0 Å². The Labute approximate surface area is 147 Å². The van der Waals surface area contributed by atoms with E-state index in [9.17, 15) is 9.59 Å². The van der Waals surface area contributed by atoms with Gasteiger partial charge in [-0.1, -0.05) is 18.2 Å². The standard InChI is InChI=1S/C19H24N4O2/c1-14-5-3-4-6-17(14)22-11-12-23(15(2)13-22)19(25)10-8-16-7-9-18(24)21-20-16/h3-7,9,15H,8,10-13H2,1-2H3,(H,21,24)/t15-/m0/s1. The third kappa shape index (κ3) is 4.07. The van der Waals surface area contributed by atoms with Gasteiger partial charge < -0.3 is 9.80 Å². The lowest BCUT2D eigenvalue weighted by atomic mass is 10.1. The molecule has 1 aliphatic heterocycles. The first-order chi connectivity index (χ1) is 12.0. The van der Waals surface area contributed by atoms with Gasteiger partial charge in [0.15, 0.2) is 0 Å². The first kappa shape index (κ1) is 17.2. The molecule has 2 heterocycles. The number of aryl methyl sites for hydroxylation is 2. The number of hydrogen-bond donors (Lipinski definition) is 1. The molecule has 0 saturated carbocycles. The second-order valence-electron chi connectivity index (χ2n) is 6.58. The normalized spacial score (nSPS) is 17.6. The van der Waals surface area contributed by atoms with Gasteiger partial charge in [0.2, 0.25) is 5.91 Å². The SMILES string of the molecule is Cc1ccccc1N1CCN(C(=O)CCc2ccc(=O)[nH]n2)[C@@H](C)C1. The number of aromatic amines is 1. The average molecular weight is 340 g/mol. The number of anilines is 1. The van der Waals surface area contributed by atoms with E-state index in [1.807, 2.05) is 11.0 Å². The third-order valence-electron chi connectivity index (χ3n) is 4.74. The summed E-state index contributed by atoms with van der Waals surface area (Å²) in [4.78, 5) is 27.9. The fourth-order valence-corrected chi connectivity index (χ4v) is 3.36. The van der Waals surface area contributed by atoms with Gasteiger partial charge in [-0.15, -0.1) is 0 Å². The molecule has 1 aliphatic rings. The molecule has 0 unspecified atom stereocenters. The van der Waals surface area contributed by atoms with Gasteiger partial charge in [0.1, 0.15) is 0 Å². The molecule has 0 bridgehead atoms. The Balaban J connectivity index is 1.57. The van der Waals surface area contributed by atoms with Crippen LogP contribution in [0.25, 0.3) is 0 Å². The monoisotopic (exact) mass is 340 g/mol. The molecular formula is C19H24N4O2. The van der Waals surface area contributed by atoms with E-state index in [1.165, 1.54) is 17.3 Å². The lowest BCUT2D eigenvalue weighted by Gasteiger charge is -2.41. The van der Waals surface area contributed by atoms with Crippen LogP contribution in [0, 0.1) is 6.92 Å². The molecule has 1 amide bonds. The first-order valence-electron chi connectivity index (χ1n) is 8.69. The molecule has 1 N–H and O–H groups in total. The Kier molecular flexibility index (Phi) is 5.16. The van der Waals surface area contributed by atoms with Gasteiger partial charge in [0, 0.05) is 50.3 Å². The Hall–Kier alpha value is -2.63. The summed E-state index contributed by atoms with van der Waals surface area (Å²) in [6.45, 7) is 6.63. The van der Waals surface area contributed by atoms with Crippen LogP contribution in [0.15, 0.2) is 41.2 Å². The van der Waals surface area contributed by atoms with E-state index >= 15 is 0 Å². The van der Waals surface area contributed by atoms with Crippen LogP contribution in [0.1, 0.15) is 24.6 Å². The van der Waals surface area contributed by atoms with Crippen molar-refractivity contribution in [1.29, 1.82) is 0 Å². The molecule has 6 heteroatoms. The van der Waals surface area contributed by atoms with Crippen LogP contribution >= 0.6 is 0 Å². The number of H-pyrrole nitrogens is 1. The van der Waals surface area contributed by atoms with Crippen LogP contribution in [0.3, 0.4) is 0 Å². The molecule has 132 valence electrons. The summed E-state index contributed by atoms with van der Waals surface area (Å²) in [6.07, 6.45) is 0.952. The number of para-hydroxylation sites is 1. The highest BCUT2D eigenvalue weighted by molar-refractivity contribution is 5.77. The van der Waals surface area contributed by atoms with Crippen molar-refractivity contribution in [2.24, 2.45) is 0 Å². The van der Waals surface area contributed by atoms with Crippen LogP contribution in [-0.4, -0.2) is 46.7 Å². The van der Waals surface area contributed by atoms with E-state index in [-0.39, 0.29) is 17.5 Å². The van der Waals surface area contributed by atoms with Crippen LogP contribution in [0.2, 0.25) is 0 Å². The molecule has 3 rings (SSSR count). The average Bonchev–Trinajstić information content (AvgIpc) is 2.61. The van der Waals surface area contributed by atoms with E-state index in [0.717, 1.165) is 25.3 Å². The van der Waals surface area contributed by atoms with Crippen molar-refractivity contribution in [1.82, 2.24) is 15.1 Å². The van der Waals surface area contributed by atoms with Crippen molar-refractivity contribution in [2.45, 2.75) is 32.7 Å². The lowest BCUT2D eigenvalue weighted by molar-refractivity contribution is -0.133. The summed E-state index contributed by atoms with van der Waals surface area (Å²) in [5.74, 6) is 0.143. The van der Waals surface area contributed by atoms with Crippen molar-refractivity contribution in [2.75, 3.05) is 24.5 Å². The Bertz CT molecular complexity index is 782. The lowest BCUT2D eigenvalue weighted by Crippen LogP contribution is -2.54. The fraction of sp³-hybridized carbons (Fsp3) is 0.421. The zero-order valence-corrected chi connectivity index (χ0v) is 14.7. The van der Waals surface area contributed by atoms with Gasteiger partial charge in [-0.05, 0) is 31.5 Å². The number of nitrogens with zero attached hydrogens (tertiary/aromatic N) is 3. The molecule has 1 fully saturated rings. The molecule has 0 spiro atoms. The predicted molar refractivity (Wildman–Crippen MR) is 97.7 cm³/mol. The highest BCUT2D eigenvalue weighted by atomic mass is 16.2. The van der Waals surface area contributed by atoms with E-state index in [1.54, 1.807) is 6.07 Å². The van der Waals surface area contributed by atoms with Crippen LogP contribution < -0.4 is 10.5 Å². The number of amides is 1. The summed E-state index contributed by atoms with van der Waals surface area (Å²) in [5.41, 5.74) is 3.02. The smallest absolute Gasteiger partial charge is 0.264 e. The number of aromatic nitrogens is 2. The summed E-state index contributed by atoms with van der Waals surface area (Å²) < 4.78 is 0. The second-order valence-corrected chi connectivity index (χ2v) is 6.58. The second kappa shape index (κ2) is 7.51. The number of carbonyl (C=O) groups is 1. The van der Waals surface area contributed by atoms with Gasteiger partial charge in [-0.3, -0.25) is 9.59 Å². The highest BCUT2D eigenvalue weighted by Crippen LogP contribution is 2.23. The van der Waals surface area contributed by atoms with Gasteiger partial charge in [0.25, 0.3) is 5.56 Å². The van der Waals surface area contributed by atoms with Crippen molar-refractivity contribution in [3.63, 3.8) is 0 Å². The Morgan fingerprint density at radius 2 is 2.04 bits per heavy atom. The molecule has 6 nitrogen and oxygen atoms in total. The van der Waals surface area contributed by atoms with E-state index in [0.29, 0.717) is 12.8 Å². The third-order valence-corrected chi connectivity index (χ3v) is 4.74. The maximum absolute atomic E-state index is 12.6. The van der Waals surface area contributed by atoms with E-state index in [2.05, 4.69) is 47.1 Å². The zero-order chi connectivity index (χ0) is 17.8. The summed E-state index contributed by atoms with van der Waals surface area (Å²) >= 11 is 0. The number of rotatable bonds is 4. The van der Waals surface area contributed by atoms with Crippen molar-refractivity contribution >= 4 is 11.6 Å². The molecule has 1 atom stereocenters. The fourth-order valence-electron chi connectivity index (χ4n) is 3.36. The Morgan fingerprint density at radius 3 is 2.72 bits per heavy atom. The van der Waals surface area contributed by atoms with Crippen molar-refractivity contribution in [3.8, 4) is 0 Å². The van der Waals surface area contributed by atoms with Gasteiger partial charge in [0.05, 0.1) is 5.69 Å². The van der Waals surface area contributed by atoms with Crippen LogP contribution in [0.4, 0.5) is 5.69 Å². The van der Waals surface area contributed by atoms with Gasteiger partial charge in [-0.25, -0.2) is 5.10 Å². The van der Waals surface area contributed by atoms with E-state index in [4.69, 9.17) is 0 Å². The molecule has 1 aromatic heterocycles. The number of carbonyl (C=O) groups excluding carboxylic acids is 1. The van der Waals surface area contributed by atoms with E-state index < -0.39 is 0 Å². The quantitative estimate of drug-likeness (QED) is 0.921. The van der Waals surface area contributed by atoms with Crippen molar-refractivity contribution < 1.29 is 4.79 Å². The molecule has 0 aliphatic carbocycles. The largest absolute Gasteiger partial charge is 0.367 e. The Morgan fingerprint density at radius 1 is 1.24 bits per heavy atom. The summed E-state index contributed by atoms with van der Waals surface area (Å²) in [6, 6.07) is 11.6. The molecule has 2 aromatic rings. The highest BCUT2D eigenvalue weighted by Gasteiger charge is 2.27. The molecule has 1 aromatic carbocycles. The summed E-state index contributed by atoms with van der Waals surface area (Å²) in [5, 5.41) is 6.36. The number of nitrogens with one attached hydrogen (secondary N) is 1. The molecule has 25 heavy (non-hydrogen) atoms. The zero-order valence-electron chi connectivity index (χ0n) is 14.7. The summed E-state index contributed by atoms with van der Waals surface area (Å²) in [7, 11) is 0. The molecule has 0 radical (unpaired) electrons. The maximum atomic E-state index is 12.6. The number of hydrogen-bond acceptors (Lipinski definition) is 4. The molecule has 1 saturated heterocycles. The minimum absolute atomic E-state index is 0.143. The minimum atomic E-state index is -0.226. The topological polar surface area (TPSA) is 69.3 Å². The van der Waals surface area contributed by atoms with Gasteiger partial charge >= 0.3 is 0 Å². The minimum Gasteiger partial charge on any atom is -0.367 e. The van der Waals surface area contributed by atoms with Crippen LogP contribution in [-0.2, 0) is 11.2 Å². The molecular weight excluding hydrogens is 316 g/mol. The number of piperazine rings is 1. The van der Waals surface area contributed by atoms with Gasteiger partial charge in [-0.2, -0.15) is 5.10 Å². The van der Waals surface area contributed by atoms with Crippen molar-refractivity contribution in [3.05, 3.63) is 58.0 Å². The number of benzene rings is 1.